The van der Waals surface area contributed by atoms with Crippen molar-refractivity contribution in [1.82, 2.24) is 19.9 Å². The molecule has 4 atom stereocenters. The molecule has 3 fully saturated rings. The second-order valence-corrected chi connectivity index (χ2v) is 19.3. The van der Waals surface area contributed by atoms with Gasteiger partial charge in [0.2, 0.25) is 0 Å². The van der Waals surface area contributed by atoms with Gasteiger partial charge in [0.25, 0.3) is 0 Å². The van der Waals surface area contributed by atoms with E-state index in [1.54, 1.807) is 6.92 Å². The molecule has 0 bridgehead atoms. The first-order valence-corrected chi connectivity index (χ1v) is 18.1. The Morgan fingerprint density at radius 1 is 1.15 bits per heavy atom. The Hall–Kier alpha value is -1.37. The maximum Gasteiger partial charge on any atom is 0.319 e. The number of pyridine rings is 1. The lowest BCUT2D eigenvalue weighted by Crippen LogP contribution is -2.55. The topological polar surface area (TPSA) is 83.8 Å². The molecule has 13 heteroatoms. The zero-order valence-electron chi connectivity index (χ0n) is 24.7. The first kappa shape index (κ1) is 31.1. The monoisotopic (exact) mass is 631 g/mol. The first-order chi connectivity index (χ1) is 19.0. The van der Waals surface area contributed by atoms with Crippen LogP contribution in [0, 0.1) is 5.82 Å². The van der Waals surface area contributed by atoms with Crippen molar-refractivity contribution in [2.45, 2.75) is 101 Å². The molecule has 0 radical (unpaired) electrons. The Kier molecular flexibility index (Phi) is 8.31. The molecule has 0 aliphatic carbocycles. The molecule has 0 aromatic carbocycles. The molecule has 41 heavy (non-hydrogen) atoms. The number of rotatable bonds is 7. The quantitative estimate of drug-likeness (QED) is 0.287. The van der Waals surface area contributed by atoms with E-state index in [1.807, 2.05) is 4.90 Å². The summed E-state index contributed by atoms with van der Waals surface area (Å²) >= 11 is 12.6. The average Bonchev–Trinajstić information content (AvgIpc) is 3.39. The molecule has 5 rings (SSSR count). The van der Waals surface area contributed by atoms with Gasteiger partial charge in [-0.1, -0.05) is 44.0 Å². The van der Waals surface area contributed by atoms with Gasteiger partial charge in [-0.2, -0.15) is 9.97 Å². The van der Waals surface area contributed by atoms with Crippen molar-refractivity contribution >= 4 is 48.2 Å². The van der Waals surface area contributed by atoms with Crippen LogP contribution in [0.1, 0.15) is 59.8 Å². The van der Waals surface area contributed by atoms with Crippen LogP contribution < -0.4 is 9.64 Å². The van der Waals surface area contributed by atoms with E-state index in [0.717, 1.165) is 19.4 Å². The number of hydrogen-bond acceptors (Lipinski definition) is 8. The van der Waals surface area contributed by atoms with E-state index in [4.69, 9.17) is 37.3 Å². The van der Waals surface area contributed by atoms with Gasteiger partial charge in [0.05, 0.1) is 29.2 Å². The number of nitrogens with zero attached hydrogens (tertiary/aromatic N) is 5. The molecule has 0 amide bonds. The number of halogens is 4. The summed E-state index contributed by atoms with van der Waals surface area (Å²) in [5.74, 6) is -0.528. The van der Waals surface area contributed by atoms with Crippen LogP contribution in [0.2, 0.25) is 28.4 Å². The molecular formula is C28H41Cl2F2N5O3Si. The third kappa shape index (κ3) is 6.04. The van der Waals surface area contributed by atoms with Crippen molar-refractivity contribution in [1.29, 1.82) is 0 Å². The van der Waals surface area contributed by atoms with Crippen LogP contribution in [-0.4, -0.2) is 89.5 Å². The molecular weight excluding hydrogens is 591 g/mol. The number of piperidine rings is 1. The van der Waals surface area contributed by atoms with E-state index >= 15 is 4.39 Å². The Morgan fingerprint density at radius 3 is 2.59 bits per heavy atom. The number of ether oxygens (including phenoxy) is 1. The van der Waals surface area contributed by atoms with E-state index in [-0.39, 0.29) is 46.3 Å². The minimum absolute atomic E-state index is 0.0140. The smallest absolute Gasteiger partial charge is 0.319 e. The third-order valence-electron chi connectivity index (χ3n) is 9.57. The second-order valence-electron chi connectivity index (χ2n) is 13.8. The standard InChI is InChI=1S/C28H41Cl2F2N5O3Si/c1-26(2,3)41(5,6)40-14-18-8-10-27(4,38)15-37(18)24-19-21(20(32)23(30)34-22(19)29)33-25(35-24)39-16-28-9-7-11-36(28)13-17(31)12-28/h17-18,38H,7-16H2,1-6H3/t17-,18+,27-,28+/m1/s1. The zero-order chi connectivity index (χ0) is 30.0. The second kappa shape index (κ2) is 11.0. The highest BCUT2D eigenvalue weighted by Crippen LogP contribution is 2.43. The number of β-amino-alcohol motifs (C(OH)–C–C–N with tert-alkyl or cyclic N) is 1. The van der Waals surface area contributed by atoms with Crippen molar-refractivity contribution in [2.24, 2.45) is 0 Å². The largest absolute Gasteiger partial charge is 0.461 e. The summed E-state index contributed by atoms with van der Waals surface area (Å²) in [4.78, 5) is 17.2. The van der Waals surface area contributed by atoms with Crippen LogP contribution in [0.5, 0.6) is 6.01 Å². The van der Waals surface area contributed by atoms with Gasteiger partial charge >= 0.3 is 6.01 Å². The van der Waals surface area contributed by atoms with Gasteiger partial charge in [-0.05, 0) is 57.3 Å². The maximum atomic E-state index is 15.5. The maximum absolute atomic E-state index is 15.5. The summed E-state index contributed by atoms with van der Waals surface area (Å²) in [5, 5.41) is 10.9. The highest BCUT2D eigenvalue weighted by Gasteiger charge is 2.49. The van der Waals surface area contributed by atoms with Crippen molar-refractivity contribution in [3.63, 3.8) is 0 Å². The molecule has 228 valence electrons. The van der Waals surface area contributed by atoms with Gasteiger partial charge < -0.3 is 19.2 Å². The van der Waals surface area contributed by atoms with Crippen LogP contribution in [0.4, 0.5) is 14.6 Å². The van der Waals surface area contributed by atoms with E-state index in [1.165, 1.54) is 0 Å². The Balaban J connectivity index is 1.55. The van der Waals surface area contributed by atoms with Crippen molar-refractivity contribution in [2.75, 3.05) is 37.7 Å². The number of alkyl halides is 1. The number of fused-ring (bicyclic) bond motifs is 2. The molecule has 0 unspecified atom stereocenters. The van der Waals surface area contributed by atoms with Crippen LogP contribution in [0.3, 0.4) is 0 Å². The lowest BCUT2D eigenvalue weighted by Gasteiger charge is -2.45. The normalized spacial score (nSPS) is 29.4. The van der Waals surface area contributed by atoms with E-state index in [2.05, 4.69) is 48.7 Å². The van der Waals surface area contributed by atoms with Gasteiger partial charge in [0.1, 0.15) is 29.3 Å². The lowest BCUT2D eigenvalue weighted by atomic mass is 9.90. The van der Waals surface area contributed by atoms with Crippen LogP contribution in [0.25, 0.3) is 10.9 Å². The number of aliphatic hydroxyl groups is 1. The highest BCUT2D eigenvalue weighted by atomic mass is 35.5. The third-order valence-corrected chi connectivity index (χ3v) is 14.6. The fourth-order valence-corrected chi connectivity index (χ4v) is 7.66. The summed E-state index contributed by atoms with van der Waals surface area (Å²) in [5.41, 5.74) is -1.57. The minimum atomic E-state index is -2.09. The van der Waals surface area contributed by atoms with Crippen molar-refractivity contribution in [3.05, 3.63) is 16.1 Å². The summed E-state index contributed by atoms with van der Waals surface area (Å²) in [6.07, 6.45) is 2.43. The van der Waals surface area contributed by atoms with Gasteiger partial charge in [0, 0.05) is 19.5 Å². The lowest BCUT2D eigenvalue weighted by molar-refractivity contribution is 0.0310. The molecule has 3 aliphatic heterocycles. The van der Waals surface area contributed by atoms with E-state index in [9.17, 15) is 9.50 Å². The molecule has 3 saturated heterocycles. The SMILES string of the molecule is CC(C)(C)[Si](C)(C)OC[C@@H]1CC[C@@](C)(O)CN1c1nc(OC[C@@]23CCCN2C[C@H](F)C3)nc2c(F)c(Cl)nc(Cl)c12. The van der Waals surface area contributed by atoms with Gasteiger partial charge in [-0.15, -0.1) is 0 Å². The van der Waals surface area contributed by atoms with Crippen LogP contribution in [-0.2, 0) is 4.43 Å². The number of aromatic nitrogens is 3. The van der Waals surface area contributed by atoms with Gasteiger partial charge in [0.15, 0.2) is 19.3 Å². The molecule has 3 aliphatic rings. The molecule has 0 saturated carbocycles. The minimum Gasteiger partial charge on any atom is -0.461 e. The molecule has 2 aromatic heterocycles. The average molecular weight is 633 g/mol. The molecule has 5 heterocycles. The van der Waals surface area contributed by atoms with Crippen molar-refractivity contribution in [3.8, 4) is 6.01 Å². The molecule has 2 aromatic rings. The van der Waals surface area contributed by atoms with E-state index < -0.39 is 36.6 Å². The van der Waals surface area contributed by atoms with E-state index in [0.29, 0.717) is 38.2 Å². The predicted molar refractivity (Wildman–Crippen MR) is 160 cm³/mol. The number of anilines is 1. The van der Waals surface area contributed by atoms with Crippen LogP contribution >= 0.6 is 23.2 Å². The van der Waals surface area contributed by atoms with Gasteiger partial charge in [-0.3, -0.25) is 4.90 Å². The molecule has 0 spiro atoms. The summed E-state index contributed by atoms with van der Waals surface area (Å²) in [6, 6.07) is -0.223. The summed E-state index contributed by atoms with van der Waals surface area (Å²) < 4.78 is 42.6. The Bertz CT molecular complexity index is 1310. The summed E-state index contributed by atoms with van der Waals surface area (Å²) in [6.45, 7) is 14.7. The summed E-state index contributed by atoms with van der Waals surface area (Å²) in [7, 11) is -2.09. The first-order valence-electron chi connectivity index (χ1n) is 14.4. The number of hydrogen-bond donors (Lipinski definition) is 1. The van der Waals surface area contributed by atoms with Crippen molar-refractivity contribution < 1.29 is 23.1 Å². The highest BCUT2D eigenvalue weighted by molar-refractivity contribution is 6.74. The predicted octanol–water partition coefficient (Wildman–Crippen LogP) is 6.17. The zero-order valence-corrected chi connectivity index (χ0v) is 27.2. The Morgan fingerprint density at radius 2 is 1.88 bits per heavy atom. The molecule has 1 N–H and O–H groups in total. The Labute approximate surface area is 251 Å². The molecule has 8 nitrogen and oxygen atoms in total. The van der Waals surface area contributed by atoms with Gasteiger partial charge in [-0.25, -0.2) is 13.8 Å². The fraction of sp³-hybridized carbons (Fsp3) is 0.750. The fourth-order valence-electron chi connectivity index (χ4n) is 6.14. The van der Waals surface area contributed by atoms with Crippen LogP contribution in [0.15, 0.2) is 0 Å².